The van der Waals surface area contributed by atoms with Crippen LogP contribution < -0.4 is 4.74 Å². The smallest absolute Gasteiger partial charge is 0.238 e. The minimum Gasteiger partial charge on any atom is -0.456 e. The number of fused-ring (bicyclic) bond motifs is 6. The van der Waals surface area contributed by atoms with Gasteiger partial charge >= 0.3 is 0 Å². The molecule has 0 saturated heterocycles. The summed E-state index contributed by atoms with van der Waals surface area (Å²) in [5.41, 5.74) is 8.42. The lowest BCUT2D eigenvalue weighted by Gasteiger charge is -2.17. The summed E-state index contributed by atoms with van der Waals surface area (Å²) in [5.74, 6) is 3.97. The normalized spacial score (nSPS) is 15.2. The molecule has 0 amide bonds. The van der Waals surface area contributed by atoms with Crippen molar-refractivity contribution in [2.45, 2.75) is 13.3 Å². The lowest BCUT2D eigenvalue weighted by Crippen LogP contribution is -2.07. The monoisotopic (exact) mass is 656 g/mol. The average molecular weight is 657 g/mol. The quantitative estimate of drug-likeness (QED) is 0.189. The molecule has 1 unspecified atom stereocenters. The lowest BCUT2D eigenvalue weighted by molar-refractivity contribution is 0.430. The summed E-state index contributed by atoms with van der Waals surface area (Å²) in [4.78, 5) is 15.5. The molecular formula is C46H32N4O. The fourth-order valence-corrected chi connectivity index (χ4v) is 7.53. The summed E-state index contributed by atoms with van der Waals surface area (Å²) >= 11 is 0. The van der Waals surface area contributed by atoms with Gasteiger partial charge in [-0.1, -0.05) is 134 Å². The number of benzene rings is 6. The van der Waals surface area contributed by atoms with Crippen molar-refractivity contribution in [2.24, 2.45) is 5.92 Å². The Balaban J connectivity index is 1.18. The Morgan fingerprint density at radius 1 is 0.588 bits per heavy atom. The first-order chi connectivity index (χ1) is 25.2. The molecule has 2 aliphatic rings. The first-order valence-corrected chi connectivity index (χ1v) is 17.4. The van der Waals surface area contributed by atoms with Crippen LogP contribution in [0.15, 0.2) is 163 Å². The molecule has 8 aromatic rings. The van der Waals surface area contributed by atoms with E-state index in [0.717, 1.165) is 62.0 Å². The largest absolute Gasteiger partial charge is 0.456 e. The molecule has 3 heterocycles. The van der Waals surface area contributed by atoms with Crippen molar-refractivity contribution in [3.8, 4) is 45.6 Å². The van der Waals surface area contributed by atoms with Crippen LogP contribution in [-0.4, -0.2) is 19.5 Å². The average Bonchev–Trinajstić information content (AvgIpc) is 3.41. The summed E-state index contributed by atoms with van der Waals surface area (Å²) in [5, 5.41) is 4.69. The van der Waals surface area contributed by atoms with Crippen LogP contribution >= 0.6 is 0 Å². The van der Waals surface area contributed by atoms with Gasteiger partial charge in [-0.2, -0.15) is 9.97 Å². The Bertz CT molecular complexity index is 2750. The molecule has 2 aromatic heterocycles. The number of ether oxygens (including phenoxy) is 1. The zero-order valence-electron chi connectivity index (χ0n) is 28.0. The van der Waals surface area contributed by atoms with Gasteiger partial charge in [0.05, 0.1) is 11.0 Å². The molecule has 0 radical (unpaired) electrons. The molecule has 10 rings (SSSR count). The number of allylic oxidation sites excluding steroid dienone is 4. The molecule has 0 saturated carbocycles. The van der Waals surface area contributed by atoms with E-state index >= 15 is 0 Å². The van der Waals surface area contributed by atoms with Crippen LogP contribution in [0.1, 0.15) is 18.9 Å². The van der Waals surface area contributed by atoms with E-state index in [1.807, 2.05) is 30.3 Å². The minimum atomic E-state index is 0.464. The number of para-hydroxylation sites is 1. The van der Waals surface area contributed by atoms with Crippen LogP contribution in [0.3, 0.4) is 0 Å². The van der Waals surface area contributed by atoms with Crippen molar-refractivity contribution < 1.29 is 4.74 Å². The van der Waals surface area contributed by atoms with Crippen LogP contribution in [0.5, 0.6) is 5.75 Å². The zero-order chi connectivity index (χ0) is 33.9. The second-order valence-electron chi connectivity index (χ2n) is 13.3. The van der Waals surface area contributed by atoms with Crippen molar-refractivity contribution >= 4 is 38.7 Å². The highest BCUT2D eigenvalue weighted by molar-refractivity contribution is 6.12. The molecule has 1 atom stereocenters. The van der Waals surface area contributed by atoms with E-state index in [0.29, 0.717) is 23.5 Å². The second-order valence-corrected chi connectivity index (χ2v) is 13.3. The SMILES string of the molecule is CC1C=CC2=C(C=Cc3c(ccc4c5ccccc5n(-c5nc(-c6ccccc6)nc(-c6ccc(-c7cccc8ccccc78)cc6)n5)c34)O2)C1. The van der Waals surface area contributed by atoms with E-state index in [1.165, 1.54) is 21.9 Å². The van der Waals surface area contributed by atoms with E-state index in [-0.39, 0.29) is 0 Å². The van der Waals surface area contributed by atoms with Gasteiger partial charge in [0.2, 0.25) is 5.95 Å². The van der Waals surface area contributed by atoms with Crippen LogP contribution in [0.25, 0.3) is 78.5 Å². The maximum absolute atomic E-state index is 6.63. The van der Waals surface area contributed by atoms with E-state index in [4.69, 9.17) is 19.7 Å². The van der Waals surface area contributed by atoms with Gasteiger partial charge < -0.3 is 4.74 Å². The van der Waals surface area contributed by atoms with Gasteiger partial charge in [0.15, 0.2) is 11.6 Å². The van der Waals surface area contributed by atoms with Crippen molar-refractivity contribution in [1.82, 2.24) is 19.5 Å². The molecule has 6 aromatic carbocycles. The number of rotatable bonds is 4. The van der Waals surface area contributed by atoms with Crippen LogP contribution in [0.2, 0.25) is 0 Å². The first-order valence-electron chi connectivity index (χ1n) is 17.4. The molecule has 0 bridgehead atoms. The zero-order valence-corrected chi connectivity index (χ0v) is 28.0. The van der Waals surface area contributed by atoms with E-state index < -0.39 is 0 Å². The van der Waals surface area contributed by atoms with Gasteiger partial charge in [0, 0.05) is 27.5 Å². The van der Waals surface area contributed by atoms with Gasteiger partial charge in [-0.25, -0.2) is 4.98 Å². The summed E-state index contributed by atoms with van der Waals surface area (Å²) in [6.07, 6.45) is 9.69. The first kappa shape index (κ1) is 29.3. The molecule has 0 N–H and O–H groups in total. The van der Waals surface area contributed by atoms with Crippen molar-refractivity contribution in [3.63, 3.8) is 0 Å². The van der Waals surface area contributed by atoms with Crippen molar-refractivity contribution in [1.29, 1.82) is 0 Å². The molecule has 242 valence electrons. The van der Waals surface area contributed by atoms with Crippen molar-refractivity contribution in [2.75, 3.05) is 0 Å². The molecule has 0 fully saturated rings. The topological polar surface area (TPSA) is 52.8 Å². The highest BCUT2D eigenvalue weighted by atomic mass is 16.5. The van der Waals surface area contributed by atoms with E-state index in [1.54, 1.807) is 0 Å². The summed E-state index contributed by atoms with van der Waals surface area (Å²) in [6, 6.07) is 46.4. The maximum atomic E-state index is 6.63. The Morgan fingerprint density at radius 3 is 2.14 bits per heavy atom. The number of hydrogen-bond acceptors (Lipinski definition) is 4. The third-order valence-electron chi connectivity index (χ3n) is 10.0. The standard InChI is InChI=1S/C46H32N4O/c1-29-18-26-41-34(28-29)23-24-39-42(51-41)27-25-38-37-15-7-8-17-40(37)50(43(38)39)46-48-44(32-11-3-2-4-12-32)47-45(49-46)33-21-19-31(20-22-33)36-16-9-13-30-10-5-6-14-35(30)36/h2-27,29H,28H2,1H3. The molecule has 1 aliphatic heterocycles. The highest BCUT2D eigenvalue weighted by Gasteiger charge is 2.24. The Morgan fingerprint density at radius 2 is 1.29 bits per heavy atom. The van der Waals surface area contributed by atoms with E-state index in [2.05, 4.69) is 139 Å². The number of aromatic nitrogens is 4. The number of hydrogen-bond donors (Lipinski definition) is 0. The summed E-state index contributed by atoms with van der Waals surface area (Å²) in [6.45, 7) is 2.24. The summed E-state index contributed by atoms with van der Waals surface area (Å²) < 4.78 is 8.81. The Hall–Kier alpha value is -6.59. The predicted molar refractivity (Wildman–Crippen MR) is 208 cm³/mol. The predicted octanol–water partition coefficient (Wildman–Crippen LogP) is 11.4. The van der Waals surface area contributed by atoms with Gasteiger partial charge in [-0.3, -0.25) is 4.57 Å². The van der Waals surface area contributed by atoms with Crippen LogP contribution in [0.4, 0.5) is 0 Å². The molecule has 51 heavy (non-hydrogen) atoms. The molecular weight excluding hydrogens is 625 g/mol. The fourth-order valence-electron chi connectivity index (χ4n) is 7.53. The maximum Gasteiger partial charge on any atom is 0.238 e. The third-order valence-corrected chi connectivity index (χ3v) is 10.0. The minimum absolute atomic E-state index is 0.464. The summed E-state index contributed by atoms with van der Waals surface area (Å²) in [7, 11) is 0. The number of nitrogens with zero attached hydrogens (tertiary/aromatic N) is 4. The van der Waals surface area contributed by atoms with Gasteiger partial charge in [0.25, 0.3) is 0 Å². The van der Waals surface area contributed by atoms with Crippen LogP contribution in [-0.2, 0) is 0 Å². The lowest BCUT2D eigenvalue weighted by atomic mass is 9.94. The fraction of sp³-hybridized carbons (Fsp3) is 0.0652. The Kier molecular flexibility index (Phi) is 6.78. The van der Waals surface area contributed by atoms with Gasteiger partial charge in [0.1, 0.15) is 11.5 Å². The van der Waals surface area contributed by atoms with Gasteiger partial charge in [-0.15, -0.1) is 0 Å². The van der Waals surface area contributed by atoms with Crippen LogP contribution in [0, 0.1) is 5.92 Å². The second kappa shape index (κ2) is 11.8. The Labute approximate surface area is 295 Å². The van der Waals surface area contributed by atoms with Crippen molar-refractivity contribution in [3.05, 3.63) is 169 Å². The molecule has 5 nitrogen and oxygen atoms in total. The highest BCUT2D eigenvalue weighted by Crippen LogP contribution is 2.41. The molecule has 0 spiro atoms. The van der Waals surface area contributed by atoms with E-state index in [9.17, 15) is 0 Å². The molecule has 1 aliphatic carbocycles. The third kappa shape index (κ3) is 4.97. The molecule has 5 heteroatoms. The van der Waals surface area contributed by atoms with Gasteiger partial charge in [-0.05, 0) is 70.2 Å².